The smallest absolute Gasteiger partial charge is 0.329 e. The Hall–Kier alpha value is -3.02. The van der Waals surface area contributed by atoms with Gasteiger partial charge in [0.2, 0.25) is 0 Å². The van der Waals surface area contributed by atoms with E-state index in [4.69, 9.17) is 10.5 Å². The summed E-state index contributed by atoms with van der Waals surface area (Å²) in [5.74, 6) is -0.448. The van der Waals surface area contributed by atoms with Crippen LogP contribution in [0.5, 0.6) is 0 Å². The van der Waals surface area contributed by atoms with Crippen LogP contribution in [0.3, 0.4) is 0 Å². The van der Waals surface area contributed by atoms with Crippen molar-refractivity contribution in [3.8, 4) is 0 Å². The Morgan fingerprint density at radius 1 is 1.12 bits per heavy atom. The normalized spacial score (nSPS) is 11.5. The number of nitrogens with two attached hydrogens (primary N) is 1. The van der Waals surface area contributed by atoms with Gasteiger partial charge in [0.05, 0.1) is 6.61 Å². The molecule has 2 aromatic carbocycles. The van der Waals surface area contributed by atoms with E-state index < -0.39 is 18.0 Å². The molecule has 0 bridgehead atoms. The van der Waals surface area contributed by atoms with Gasteiger partial charge in [-0.05, 0) is 37.1 Å². The minimum atomic E-state index is -0.747. The van der Waals surface area contributed by atoms with Crippen molar-refractivity contribution >= 4 is 17.7 Å². The number of anilines is 1. The zero-order chi connectivity index (χ0) is 18.9. The van der Waals surface area contributed by atoms with E-state index in [1.54, 1.807) is 19.1 Å². The standard InChI is InChI=1S/C20H25N3O3/c1-3-26-19(24)18(12-16-6-4-5-14(2)11-16)23-20(25)22-13-15-7-9-17(21)10-8-15/h4-11,18H,3,12-13,21H2,1-2H3,(H2,22,23,25). The Kier molecular flexibility index (Phi) is 7.02. The highest BCUT2D eigenvalue weighted by atomic mass is 16.5. The van der Waals surface area contributed by atoms with Crippen molar-refractivity contribution in [2.45, 2.75) is 32.9 Å². The number of esters is 1. The largest absolute Gasteiger partial charge is 0.464 e. The molecule has 26 heavy (non-hydrogen) atoms. The van der Waals surface area contributed by atoms with Crippen molar-refractivity contribution in [1.82, 2.24) is 10.6 Å². The summed E-state index contributed by atoms with van der Waals surface area (Å²) in [5, 5.41) is 5.45. The number of hydrogen-bond donors (Lipinski definition) is 3. The van der Waals surface area contributed by atoms with Crippen LogP contribution in [0.15, 0.2) is 48.5 Å². The molecule has 6 heteroatoms. The Morgan fingerprint density at radius 2 is 1.85 bits per heavy atom. The van der Waals surface area contributed by atoms with E-state index in [0.717, 1.165) is 16.7 Å². The molecule has 0 spiro atoms. The van der Waals surface area contributed by atoms with Gasteiger partial charge >= 0.3 is 12.0 Å². The summed E-state index contributed by atoms with van der Waals surface area (Å²) in [6.45, 7) is 4.32. The number of aryl methyl sites for hydroxylation is 1. The SMILES string of the molecule is CCOC(=O)C(Cc1cccc(C)c1)NC(=O)NCc1ccc(N)cc1. The highest BCUT2D eigenvalue weighted by Gasteiger charge is 2.22. The molecule has 1 atom stereocenters. The first-order valence-corrected chi connectivity index (χ1v) is 8.59. The second-order valence-electron chi connectivity index (χ2n) is 6.07. The molecule has 0 aromatic heterocycles. The first-order valence-electron chi connectivity index (χ1n) is 8.59. The molecule has 2 amide bonds. The number of hydrogen-bond acceptors (Lipinski definition) is 4. The summed E-state index contributed by atoms with van der Waals surface area (Å²) >= 11 is 0. The van der Waals surface area contributed by atoms with E-state index >= 15 is 0 Å². The monoisotopic (exact) mass is 355 g/mol. The number of urea groups is 1. The number of ether oxygens (including phenoxy) is 1. The van der Waals surface area contributed by atoms with E-state index in [-0.39, 0.29) is 6.61 Å². The molecule has 0 heterocycles. The van der Waals surface area contributed by atoms with Crippen molar-refractivity contribution in [2.75, 3.05) is 12.3 Å². The van der Waals surface area contributed by atoms with Gasteiger partial charge in [-0.2, -0.15) is 0 Å². The molecule has 0 radical (unpaired) electrons. The van der Waals surface area contributed by atoms with Crippen molar-refractivity contribution in [2.24, 2.45) is 0 Å². The molecule has 138 valence electrons. The Balaban J connectivity index is 1.97. The van der Waals surface area contributed by atoms with Gasteiger partial charge in [0.1, 0.15) is 6.04 Å². The maximum atomic E-state index is 12.2. The highest BCUT2D eigenvalue weighted by molar-refractivity contribution is 5.83. The van der Waals surface area contributed by atoms with Crippen LogP contribution in [0.4, 0.5) is 10.5 Å². The van der Waals surface area contributed by atoms with Gasteiger partial charge in [-0.3, -0.25) is 0 Å². The fourth-order valence-corrected chi connectivity index (χ4v) is 2.54. The Bertz CT molecular complexity index is 744. The zero-order valence-corrected chi connectivity index (χ0v) is 15.1. The Morgan fingerprint density at radius 3 is 2.50 bits per heavy atom. The van der Waals surface area contributed by atoms with Crippen molar-refractivity contribution < 1.29 is 14.3 Å². The maximum absolute atomic E-state index is 12.2. The van der Waals surface area contributed by atoms with Crippen LogP contribution in [-0.2, 0) is 22.5 Å². The molecule has 2 aromatic rings. The van der Waals surface area contributed by atoms with Crippen LogP contribution in [0.1, 0.15) is 23.6 Å². The molecule has 6 nitrogen and oxygen atoms in total. The average Bonchev–Trinajstić information content (AvgIpc) is 2.61. The summed E-state index contributed by atoms with van der Waals surface area (Å²) in [4.78, 5) is 24.4. The summed E-state index contributed by atoms with van der Waals surface area (Å²) in [6.07, 6.45) is 0.371. The van der Waals surface area contributed by atoms with Gasteiger partial charge in [0.25, 0.3) is 0 Å². The van der Waals surface area contributed by atoms with E-state index in [2.05, 4.69) is 10.6 Å². The minimum absolute atomic E-state index is 0.262. The number of nitrogen functional groups attached to an aromatic ring is 1. The highest BCUT2D eigenvalue weighted by Crippen LogP contribution is 2.09. The molecule has 4 N–H and O–H groups in total. The lowest BCUT2D eigenvalue weighted by Gasteiger charge is -2.18. The fourth-order valence-electron chi connectivity index (χ4n) is 2.54. The summed E-state index contributed by atoms with van der Waals surface area (Å²) in [6, 6.07) is 13.9. The molecule has 0 aliphatic rings. The quantitative estimate of drug-likeness (QED) is 0.526. The second-order valence-corrected chi connectivity index (χ2v) is 6.07. The molecular weight excluding hydrogens is 330 g/mol. The third-order valence-corrected chi connectivity index (χ3v) is 3.83. The van der Waals surface area contributed by atoms with Gasteiger partial charge in [0, 0.05) is 18.7 Å². The lowest BCUT2D eigenvalue weighted by atomic mass is 10.0. The van der Waals surface area contributed by atoms with Crippen LogP contribution >= 0.6 is 0 Å². The predicted molar refractivity (Wildman–Crippen MR) is 102 cm³/mol. The summed E-state index contributed by atoms with van der Waals surface area (Å²) < 4.78 is 5.09. The third kappa shape index (κ3) is 6.12. The van der Waals surface area contributed by atoms with Gasteiger partial charge in [0.15, 0.2) is 0 Å². The van der Waals surface area contributed by atoms with Crippen LogP contribution in [-0.4, -0.2) is 24.6 Å². The van der Waals surface area contributed by atoms with E-state index in [1.165, 1.54) is 0 Å². The van der Waals surface area contributed by atoms with Gasteiger partial charge in [-0.25, -0.2) is 9.59 Å². The number of nitrogens with one attached hydrogen (secondary N) is 2. The average molecular weight is 355 g/mol. The number of carbonyl (C=O) groups excluding carboxylic acids is 2. The van der Waals surface area contributed by atoms with Crippen molar-refractivity contribution in [3.05, 3.63) is 65.2 Å². The van der Waals surface area contributed by atoms with Crippen LogP contribution in [0.25, 0.3) is 0 Å². The first kappa shape index (κ1) is 19.3. The van der Waals surface area contributed by atoms with Crippen molar-refractivity contribution in [3.63, 3.8) is 0 Å². The molecule has 0 aliphatic heterocycles. The first-order chi connectivity index (χ1) is 12.5. The topological polar surface area (TPSA) is 93.4 Å². The number of rotatable bonds is 7. The summed E-state index contributed by atoms with van der Waals surface area (Å²) in [7, 11) is 0. The van der Waals surface area contributed by atoms with E-state index in [9.17, 15) is 9.59 Å². The van der Waals surface area contributed by atoms with Crippen molar-refractivity contribution in [1.29, 1.82) is 0 Å². The molecule has 0 saturated heterocycles. The van der Waals surface area contributed by atoms with Gasteiger partial charge in [-0.1, -0.05) is 42.0 Å². The second kappa shape index (κ2) is 9.46. The van der Waals surface area contributed by atoms with Crippen LogP contribution < -0.4 is 16.4 Å². The number of amides is 2. The summed E-state index contributed by atoms with van der Waals surface area (Å²) in [5.41, 5.74) is 9.28. The lowest BCUT2D eigenvalue weighted by Crippen LogP contribution is -2.47. The number of carbonyl (C=O) groups is 2. The van der Waals surface area contributed by atoms with E-state index in [1.807, 2.05) is 43.3 Å². The number of benzene rings is 2. The van der Waals surface area contributed by atoms with Crippen LogP contribution in [0.2, 0.25) is 0 Å². The zero-order valence-electron chi connectivity index (χ0n) is 15.1. The minimum Gasteiger partial charge on any atom is -0.464 e. The maximum Gasteiger partial charge on any atom is 0.329 e. The fraction of sp³-hybridized carbons (Fsp3) is 0.300. The lowest BCUT2D eigenvalue weighted by molar-refractivity contribution is -0.145. The molecule has 2 rings (SSSR count). The van der Waals surface area contributed by atoms with E-state index in [0.29, 0.717) is 18.7 Å². The Labute approximate surface area is 153 Å². The van der Waals surface area contributed by atoms with Crippen LogP contribution in [0, 0.1) is 6.92 Å². The molecular formula is C20H25N3O3. The molecule has 0 fully saturated rings. The third-order valence-electron chi connectivity index (χ3n) is 3.83. The molecule has 1 unspecified atom stereocenters. The predicted octanol–water partition coefficient (Wildman–Crippen LogP) is 2.55. The van der Waals surface area contributed by atoms with Gasteiger partial charge < -0.3 is 21.1 Å². The molecule has 0 saturated carbocycles. The molecule has 0 aliphatic carbocycles. The van der Waals surface area contributed by atoms with Gasteiger partial charge in [-0.15, -0.1) is 0 Å².